The number of nitrogens with one attached hydrogen (secondary N) is 2. The van der Waals surface area contributed by atoms with E-state index in [1.165, 1.54) is 5.56 Å². The summed E-state index contributed by atoms with van der Waals surface area (Å²) in [6.45, 7) is 7.00. The molecule has 2 aromatic carbocycles. The van der Waals surface area contributed by atoms with Crippen molar-refractivity contribution < 1.29 is 9.84 Å². The number of rotatable bonds is 7. The van der Waals surface area contributed by atoms with Crippen LogP contribution < -0.4 is 15.6 Å². The third-order valence-electron chi connectivity index (χ3n) is 4.69. The van der Waals surface area contributed by atoms with Gasteiger partial charge in [0.25, 0.3) is 5.56 Å². The second kappa shape index (κ2) is 8.37. The first-order valence-corrected chi connectivity index (χ1v) is 9.14. The van der Waals surface area contributed by atoms with E-state index in [9.17, 15) is 9.90 Å². The summed E-state index contributed by atoms with van der Waals surface area (Å²) in [6.07, 6.45) is -0.659. The Hall–Kier alpha value is -2.63. The Morgan fingerprint density at radius 3 is 2.67 bits per heavy atom. The van der Waals surface area contributed by atoms with E-state index < -0.39 is 6.10 Å². The fourth-order valence-electron chi connectivity index (χ4n) is 2.92. The highest BCUT2D eigenvalue weighted by molar-refractivity contribution is 5.79. The van der Waals surface area contributed by atoms with Gasteiger partial charge in [0.15, 0.2) is 0 Å². The fraction of sp³-hybridized carbons (Fsp3) is 0.318. The number of aliphatic hydroxyl groups excluding tert-OH is 1. The molecule has 5 heteroatoms. The molecule has 3 aromatic rings. The van der Waals surface area contributed by atoms with Crippen LogP contribution in [0.4, 0.5) is 0 Å². The van der Waals surface area contributed by atoms with Gasteiger partial charge in [-0.25, -0.2) is 0 Å². The second-order valence-corrected chi connectivity index (χ2v) is 7.06. The molecule has 0 unspecified atom stereocenters. The van der Waals surface area contributed by atoms with E-state index in [-0.39, 0.29) is 12.2 Å². The fourth-order valence-corrected chi connectivity index (χ4v) is 2.92. The van der Waals surface area contributed by atoms with Gasteiger partial charge in [0.2, 0.25) is 0 Å². The molecule has 0 amide bonds. The maximum Gasteiger partial charge on any atom is 0.252 e. The number of fused-ring (bicyclic) bond motifs is 1. The summed E-state index contributed by atoms with van der Waals surface area (Å²) in [5.41, 5.74) is 4.85. The molecule has 1 atom stereocenters. The summed E-state index contributed by atoms with van der Waals surface area (Å²) in [6, 6.07) is 13.7. The number of aromatic nitrogens is 1. The molecule has 3 rings (SSSR count). The topological polar surface area (TPSA) is 74.3 Å². The highest BCUT2D eigenvalue weighted by atomic mass is 16.5. The van der Waals surface area contributed by atoms with Gasteiger partial charge in [-0.3, -0.25) is 4.79 Å². The molecular formula is C22H26N2O3. The van der Waals surface area contributed by atoms with E-state index >= 15 is 0 Å². The molecule has 0 bridgehead atoms. The van der Waals surface area contributed by atoms with Crippen molar-refractivity contribution in [3.05, 3.63) is 75.1 Å². The van der Waals surface area contributed by atoms with Gasteiger partial charge in [-0.1, -0.05) is 18.2 Å². The molecule has 0 saturated carbocycles. The van der Waals surface area contributed by atoms with Gasteiger partial charge in [0, 0.05) is 24.2 Å². The zero-order valence-electron chi connectivity index (χ0n) is 16.0. The minimum absolute atomic E-state index is 0.110. The molecule has 0 aliphatic rings. The molecule has 0 aliphatic heterocycles. The van der Waals surface area contributed by atoms with Gasteiger partial charge in [-0.2, -0.15) is 0 Å². The molecule has 0 fully saturated rings. The molecule has 0 spiro atoms. The summed E-state index contributed by atoms with van der Waals surface area (Å²) >= 11 is 0. The third kappa shape index (κ3) is 4.96. The van der Waals surface area contributed by atoms with Crippen LogP contribution in [0.2, 0.25) is 0 Å². The number of pyridine rings is 1. The van der Waals surface area contributed by atoms with Crippen molar-refractivity contribution in [2.45, 2.75) is 33.4 Å². The number of ether oxygens (including phenoxy) is 1. The highest BCUT2D eigenvalue weighted by Gasteiger charge is 2.08. The Morgan fingerprint density at radius 1 is 1.07 bits per heavy atom. The quantitative estimate of drug-likeness (QED) is 0.601. The van der Waals surface area contributed by atoms with Gasteiger partial charge in [-0.05, 0) is 67.1 Å². The summed E-state index contributed by atoms with van der Waals surface area (Å²) in [4.78, 5) is 15.1. The van der Waals surface area contributed by atoms with Gasteiger partial charge < -0.3 is 20.1 Å². The zero-order valence-corrected chi connectivity index (χ0v) is 16.0. The average molecular weight is 366 g/mol. The van der Waals surface area contributed by atoms with Gasteiger partial charge in [0.05, 0.1) is 0 Å². The summed E-state index contributed by atoms with van der Waals surface area (Å²) in [7, 11) is 0. The van der Waals surface area contributed by atoms with Crippen molar-refractivity contribution in [2.24, 2.45) is 0 Å². The molecular weight excluding hydrogens is 340 g/mol. The molecule has 3 N–H and O–H groups in total. The Kier molecular flexibility index (Phi) is 5.94. The number of aryl methyl sites for hydroxylation is 3. The van der Waals surface area contributed by atoms with E-state index in [0.29, 0.717) is 18.7 Å². The van der Waals surface area contributed by atoms with Crippen LogP contribution >= 0.6 is 0 Å². The van der Waals surface area contributed by atoms with Crippen LogP contribution in [0.3, 0.4) is 0 Å². The van der Waals surface area contributed by atoms with Crippen molar-refractivity contribution in [2.75, 3.05) is 13.2 Å². The van der Waals surface area contributed by atoms with Gasteiger partial charge in [0.1, 0.15) is 18.5 Å². The van der Waals surface area contributed by atoms with Crippen LogP contribution in [0.25, 0.3) is 10.9 Å². The minimum Gasteiger partial charge on any atom is -0.491 e. The number of aromatic amines is 1. The molecule has 0 saturated heterocycles. The lowest BCUT2D eigenvalue weighted by Gasteiger charge is -2.14. The molecule has 0 radical (unpaired) electrons. The average Bonchev–Trinajstić information content (AvgIpc) is 2.63. The van der Waals surface area contributed by atoms with Crippen LogP contribution in [-0.2, 0) is 6.54 Å². The Bertz CT molecular complexity index is 995. The van der Waals surface area contributed by atoms with E-state index in [1.807, 2.05) is 63.2 Å². The van der Waals surface area contributed by atoms with Gasteiger partial charge >= 0.3 is 0 Å². The largest absolute Gasteiger partial charge is 0.491 e. The Morgan fingerprint density at radius 2 is 1.89 bits per heavy atom. The predicted octanol–water partition coefficient (Wildman–Crippen LogP) is 2.98. The maximum atomic E-state index is 12.2. The normalized spacial score (nSPS) is 12.3. The van der Waals surface area contributed by atoms with E-state index in [1.54, 1.807) is 0 Å². The Balaban J connectivity index is 1.52. The predicted molar refractivity (Wildman–Crippen MR) is 108 cm³/mol. The van der Waals surface area contributed by atoms with E-state index in [4.69, 9.17) is 4.74 Å². The highest BCUT2D eigenvalue weighted by Crippen LogP contribution is 2.16. The monoisotopic (exact) mass is 366 g/mol. The first-order chi connectivity index (χ1) is 12.9. The smallest absolute Gasteiger partial charge is 0.252 e. The summed E-state index contributed by atoms with van der Waals surface area (Å²) < 4.78 is 5.64. The van der Waals surface area contributed by atoms with Crippen molar-refractivity contribution >= 4 is 10.9 Å². The zero-order chi connectivity index (χ0) is 19.4. The molecule has 142 valence electrons. The van der Waals surface area contributed by atoms with Crippen LogP contribution in [-0.4, -0.2) is 29.3 Å². The minimum atomic E-state index is -0.659. The first kappa shape index (κ1) is 19.1. The molecule has 27 heavy (non-hydrogen) atoms. The van der Waals surface area contributed by atoms with Crippen LogP contribution in [0, 0.1) is 20.8 Å². The SMILES string of the molecule is Cc1ccc2cc(CNC[C@@H](O)COc3ccc(C)c(C)c3)c(=O)[nH]c2c1. The van der Waals surface area contributed by atoms with Crippen molar-refractivity contribution in [3.8, 4) is 5.75 Å². The summed E-state index contributed by atoms with van der Waals surface area (Å²) in [5, 5.41) is 14.2. The molecule has 5 nitrogen and oxygen atoms in total. The number of hydrogen-bond donors (Lipinski definition) is 3. The van der Waals surface area contributed by atoms with Crippen LogP contribution in [0.1, 0.15) is 22.3 Å². The lowest BCUT2D eigenvalue weighted by molar-refractivity contribution is 0.106. The van der Waals surface area contributed by atoms with Gasteiger partial charge in [-0.15, -0.1) is 0 Å². The van der Waals surface area contributed by atoms with Crippen molar-refractivity contribution in [3.63, 3.8) is 0 Å². The van der Waals surface area contributed by atoms with Crippen molar-refractivity contribution in [1.29, 1.82) is 0 Å². The Labute approximate surface area is 159 Å². The number of H-pyrrole nitrogens is 1. The van der Waals surface area contributed by atoms with E-state index in [0.717, 1.165) is 27.8 Å². The van der Waals surface area contributed by atoms with Crippen LogP contribution in [0.5, 0.6) is 5.75 Å². The summed E-state index contributed by atoms with van der Waals surface area (Å²) in [5.74, 6) is 0.749. The lowest BCUT2D eigenvalue weighted by Crippen LogP contribution is -2.32. The number of aliphatic hydroxyl groups is 1. The maximum absolute atomic E-state index is 12.2. The standard InChI is InChI=1S/C22H26N2O3/c1-14-4-6-17-10-18(22(26)24-21(17)8-14)11-23-12-19(25)13-27-20-7-5-15(2)16(3)9-20/h4-10,19,23,25H,11-13H2,1-3H3,(H,24,26)/t19-/m1/s1. The second-order valence-electron chi connectivity index (χ2n) is 7.06. The third-order valence-corrected chi connectivity index (χ3v) is 4.69. The number of hydrogen-bond acceptors (Lipinski definition) is 4. The van der Waals surface area contributed by atoms with Crippen LogP contribution in [0.15, 0.2) is 47.3 Å². The molecule has 0 aliphatic carbocycles. The molecule has 1 aromatic heterocycles. The van der Waals surface area contributed by atoms with Crippen molar-refractivity contribution in [1.82, 2.24) is 10.3 Å². The number of benzene rings is 2. The first-order valence-electron chi connectivity index (χ1n) is 9.14. The van der Waals surface area contributed by atoms with E-state index in [2.05, 4.69) is 10.3 Å². The lowest BCUT2D eigenvalue weighted by atomic mass is 10.1. The molecule has 1 heterocycles.